The number of rotatable bonds is 2. The number of hydrogen-bond donors (Lipinski definition) is 3. The number of nitrogens with zero attached hydrogens (tertiary/aromatic N) is 2. The van der Waals surface area contributed by atoms with Crippen molar-refractivity contribution in [3.63, 3.8) is 0 Å². The molecule has 0 saturated heterocycles. The molecule has 1 rings (SSSR count). The van der Waals surface area contributed by atoms with E-state index in [1.807, 2.05) is 0 Å². The van der Waals surface area contributed by atoms with Gasteiger partial charge in [0, 0.05) is 14.1 Å². The predicted molar refractivity (Wildman–Crippen MR) is 48.3 cm³/mol. The summed E-state index contributed by atoms with van der Waals surface area (Å²) >= 11 is 0. The molecule has 0 aromatic carbocycles. The molecule has 1 aromatic rings. The summed E-state index contributed by atoms with van der Waals surface area (Å²) < 4.78 is 0. The summed E-state index contributed by atoms with van der Waals surface area (Å²) in [6.07, 6.45) is 1.13. The molecule has 0 radical (unpaired) electrons. The van der Waals surface area contributed by atoms with Crippen molar-refractivity contribution >= 4 is 17.8 Å². The summed E-state index contributed by atoms with van der Waals surface area (Å²) in [6, 6.07) is -0.420. The Morgan fingerprint density at radius 3 is 2.71 bits per heavy atom. The lowest BCUT2D eigenvalue weighted by molar-refractivity contribution is 0.0698. The molecule has 0 aliphatic carbocycles. The van der Waals surface area contributed by atoms with E-state index in [4.69, 9.17) is 5.11 Å². The fourth-order valence-corrected chi connectivity index (χ4v) is 0.762. The molecule has 0 unspecified atom stereocenters. The molecule has 0 fully saturated rings. The van der Waals surface area contributed by atoms with E-state index in [0.29, 0.717) is 0 Å². The zero-order valence-electron chi connectivity index (χ0n) is 7.74. The second-order valence-corrected chi connectivity index (χ2v) is 2.79. The van der Waals surface area contributed by atoms with Crippen molar-refractivity contribution in [1.82, 2.24) is 15.1 Å². The number of urea groups is 1. The number of aromatic nitrogens is 2. The summed E-state index contributed by atoms with van der Waals surface area (Å²) in [7, 11) is 3.10. The third-order valence-corrected chi connectivity index (χ3v) is 1.51. The average Bonchev–Trinajstić information content (AvgIpc) is 2.52. The Balaban J connectivity index is 2.82. The normalized spacial score (nSPS) is 9.57. The van der Waals surface area contributed by atoms with Crippen molar-refractivity contribution in [1.29, 1.82) is 0 Å². The second-order valence-electron chi connectivity index (χ2n) is 2.79. The lowest BCUT2D eigenvalue weighted by atomic mass is 10.3. The predicted octanol–water partition coefficient (Wildman–Crippen LogP) is 0.201. The van der Waals surface area contributed by atoms with E-state index >= 15 is 0 Å². The fraction of sp³-hybridized carbons (Fsp3) is 0.286. The largest absolute Gasteiger partial charge is 0.477 e. The Kier molecular flexibility index (Phi) is 2.70. The van der Waals surface area contributed by atoms with Crippen molar-refractivity contribution in [3.05, 3.63) is 11.8 Å². The average molecular weight is 198 g/mol. The quantitative estimate of drug-likeness (QED) is 0.632. The topological polar surface area (TPSA) is 98.3 Å². The molecule has 1 aromatic heterocycles. The number of aromatic amines is 1. The van der Waals surface area contributed by atoms with Crippen LogP contribution in [0.3, 0.4) is 0 Å². The number of aromatic carboxylic acids is 1. The molecule has 3 N–H and O–H groups in total. The van der Waals surface area contributed by atoms with E-state index in [-0.39, 0.29) is 11.4 Å². The van der Waals surface area contributed by atoms with Gasteiger partial charge in [0.1, 0.15) is 11.4 Å². The van der Waals surface area contributed by atoms with Crippen LogP contribution in [0.25, 0.3) is 0 Å². The Bertz CT molecular complexity index is 358. The number of anilines is 1. The van der Waals surface area contributed by atoms with Gasteiger partial charge in [0.2, 0.25) is 0 Å². The monoisotopic (exact) mass is 198 g/mol. The molecule has 7 heteroatoms. The summed E-state index contributed by atoms with van der Waals surface area (Å²) in [4.78, 5) is 23.1. The summed E-state index contributed by atoms with van der Waals surface area (Å²) in [6.45, 7) is 0. The van der Waals surface area contributed by atoms with Crippen LogP contribution in [0.5, 0.6) is 0 Å². The molecule has 1 heterocycles. The van der Waals surface area contributed by atoms with E-state index in [2.05, 4.69) is 15.5 Å². The molecule has 0 aliphatic rings. The lowest BCUT2D eigenvalue weighted by Crippen LogP contribution is -2.28. The number of amides is 2. The van der Waals surface area contributed by atoms with Crippen LogP contribution >= 0.6 is 0 Å². The standard InChI is InChI=1S/C7H10N4O3/c1-11(2)7(14)9-5-4(6(12)13)3-8-10-5/h3H,1-2H3,(H,12,13)(H2,8,9,10,14). The Hall–Kier alpha value is -2.05. The first-order valence-corrected chi connectivity index (χ1v) is 3.77. The summed E-state index contributed by atoms with van der Waals surface area (Å²) in [5, 5.41) is 16.9. The number of carboxylic acids is 1. The first-order valence-electron chi connectivity index (χ1n) is 3.77. The molecule has 7 nitrogen and oxygen atoms in total. The zero-order valence-corrected chi connectivity index (χ0v) is 7.74. The van der Waals surface area contributed by atoms with Gasteiger partial charge in [-0.1, -0.05) is 0 Å². The minimum absolute atomic E-state index is 0.0693. The van der Waals surface area contributed by atoms with Crippen LogP contribution in [0, 0.1) is 0 Å². The maximum atomic E-state index is 11.2. The maximum Gasteiger partial charge on any atom is 0.341 e. The molecule has 2 amide bonds. The molecular formula is C7H10N4O3. The van der Waals surface area contributed by atoms with Crippen molar-refractivity contribution < 1.29 is 14.7 Å². The number of hydrogen-bond acceptors (Lipinski definition) is 3. The summed E-state index contributed by atoms with van der Waals surface area (Å²) in [5.41, 5.74) is -0.0693. The van der Waals surface area contributed by atoms with E-state index in [9.17, 15) is 9.59 Å². The van der Waals surface area contributed by atoms with Gasteiger partial charge in [0.25, 0.3) is 0 Å². The zero-order chi connectivity index (χ0) is 10.7. The van der Waals surface area contributed by atoms with Gasteiger partial charge in [0.15, 0.2) is 0 Å². The highest BCUT2D eigenvalue weighted by molar-refractivity contribution is 5.98. The first-order chi connectivity index (χ1) is 6.52. The molecular weight excluding hydrogens is 188 g/mol. The highest BCUT2D eigenvalue weighted by Crippen LogP contribution is 2.10. The molecule has 0 spiro atoms. The number of H-pyrrole nitrogens is 1. The lowest BCUT2D eigenvalue weighted by Gasteiger charge is -2.10. The van der Waals surface area contributed by atoms with Crippen LogP contribution in [0.15, 0.2) is 6.20 Å². The number of carboxylic acid groups (broad SMARTS) is 1. The van der Waals surface area contributed by atoms with Gasteiger partial charge in [-0.3, -0.25) is 10.4 Å². The van der Waals surface area contributed by atoms with Crippen LogP contribution in [-0.4, -0.2) is 46.3 Å². The smallest absolute Gasteiger partial charge is 0.341 e. The van der Waals surface area contributed by atoms with Gasteiger partial charge in [-0.2, -0.15) is 5.10 Å². The summed E-state index contributed by atoms with van der Waals surface area (Å²) in [5.74, 6) is -1.07. The minimum atomic E-state index is -1.15. The third-order valence-electron chi connectivity index (χ3n) is 1.51. The highest BCUT2D eigenvalue weighted by Gasteiger charge is 2.14. The minimum Gasteiger partial charge on any atom is -0.477 e. The van der Waals surface area contributed by atoms with Gasteiger partial charge in [-0.25, -0.2) is 9.59 Å². The Morgan fingerprint density at radius 2 is 2.21 bits per heavy atom. The Labute approximate surface area is 79.7 Å². The fourth-order valence-electron chi connectivity index (χ4n) is 0.762. The molecule has 14 heavy (non-hydrogen) atoms. The van der Waals surface area contributed by atoms with Crippen LogP contribution in [0.1, 0.15) is 10.4 Å². The van der Waals surface area contributed by atoms with Crippen LogP contribution in [0.4, 0.5) is 10.6 Å². The number of carbonyl (C=O) groups excluding carboxylic acids is 1. The second kappa shape index (κ2) is 3.77. The van der Waals surface area contributed by atoms with Crippen molar-refractivity contribution in [2.24, 2.45) is 0 Å². The molecule has 0 atom stereocenters. The maximum absolute atomic E-state index is 11.2. The Morgan fingerprint density at radius 1 is 1.57 bits per heavy atom. The van der Waals surface area contributed by atoms with Crippen LogP contribution in [-0.2, 0) is 0 Å². The SMILES string of the molecule is CN(C)C(=O)Nc1[nH]ncc1C(=O)O. The van der Waals surface area contributed by atoms with Crippen molar-refractivity contribution in [2.75, 3.05) is 19.4 Å². The van der Waals surface area contributed by atoms with Gasteiger partial charge < -0.3 is 10.0 Å². The van der Waals surface area contributed by atoms with Crippen LogP contribution in [0.2, 0.25) is 0 Å². The van der Waals surface area contributed by atoms with E-state index in [1.165, 1.54) is 4.90 Å². The van der Waals surface area contributed by atoms with Crippen molar-refractivity contribution in [3.8, 4) is 0 Å². The van der Waals surface area contributed by atoms with E-state index < -0.39 is 12.0 Å². The molecule has 0 bridgehead atoms. The van der Waals surface area contributed by atoms with Gasteiger partial charge in [-0.05, 0) is 0 Å². The highest BCUT2D eigenvalue weighted by atomic mass is 16.4. The van der Waals surface area contributed by atoms with Gasteiger partial charge >= 0.3 is 12.0 Å². The van der Waals surface area contributed by atoms with Gasteiger partial charge in [0.05, 0.1) is 6.20 Å². The van der Waals surface area contributed by atoms with E-state index in [0.717, 1.165) is 6.20 Å². The number of carbonyl (C=O) groups is 2. The van der Waals surface area contributed by atoms with Gasteiger partial charge in [-0.15, -0.1) is 0 Å². The van der Waals surface area contributed by atoms with E-state index in [1.54, 1.807) is 14.1 Å². The first kappa shape index (κ1) is 10.0. The number of nitrogens with one attached hydrogen (secondary N) is 2. The van der Waals surface area contributed by atoms with Crippen molar-refractivity contribution in [2.45, 2.75) is 0 Å². The third kappa shape index (κ3) is 2.00. The molecule has 0 aliphatic heterocycles. The molecule has 0 saturated carbocycles. The molecule has 76 valence electrons. The van der Waals surface area contributed by atoms with Crippen LogP contribution < -0.4 is 5.32 Å².